The smallest absolute Gasteiger partial charge is 0.252 e. The number of carbonyl (C=O) groups is 1. The first kappa shape index (κ1) is 11.7. The van der Waals surface area contributed by atoms with Gasteiger partial charge in [-0.05, 0) is 19.4 Å². The molecule has 0 saturated carbocycles. The van der Waals surface area contributed by atoms with Crippen LogP contribution in [0.1, 0.15) is 23.7 Å². The van der Waals surface area contributed by atoms with Crippen molar-refractivity contribution in [2.24, 2.45) is 5.73 Å². The molecule has 5 N–H and O–H groups in total. The van der Waals surface area contributed by atoms with Gasteiger partial charge in [-0.2, -0.15) is 0 Å². The molecule has 1 fully saturated rings. The van der Waals surface area contributed by atoms with Gasteiger partial charge in [0.25, 0.3) is 5.91 Å². The first-order valence-electron chi connectivity index (χ1n) is 5.42. The number of amides is 1. The van der Waals surface area contributed by atoms with E-state index in [9.17, 15) is 9.90 Å². The van der Waals surface area contributed by atoms with E-state index in [0.717, 1.165) is 0 Å². The first-order valence-corrected chi connectivity index (χ1v) is 5.42. The van der Waals surface area contributed by atoms with Gasteiger partial charge in [0.05, 0.1) is 23.0 Å². The minimum absolute atomic E-state index is 0.294. The number of β-amino-alcohol motifs (C(OH)–C–C–N with tert-alkyl or cyclic N) is 1. The van der Waals surface area contributed by atoms with Crippen LogP contribution in [0.4, 0.5) is 11.5 Å². The number of nitrogens with zero attached hydrogens (tertiary/aromatic N) is 2. The highest BCUT2D eigenvalue weighted by Crippen LogP contribution is 2.28. The Labute approximate surface area is 99.2 Å². The van der Waals surface area contributed by atoms with E-state index in [-0.39, 0.29) is 0 Å². The molecule has 1 aliphatic heterocycles. The van der Waals surface area contributed by atoms with Crippen molar-refractivity contribution in [2.45, 2.75) is 18.9 Å². The predicted molar refractivity (Wildman–Crippen MR) is 64.6 cm³/mol. The average Bonchev–Trinajstić information content (AvgIpc) is 2.58. The summed E-state index contributed by atoms with van der Waals surface area (Å²) in [5, 5.41) is 9.90. The third-order valence-electron chi connectivity index (χ3n) is 2.90. The number of primary amides is 1. The average molecular weight is 236 g/mol. The minimum atomic E-state index is -0.752. The lowest BCUT2D eigenvalue weighted by Gasteiger charge is -2.21. The van der Waals surface area contributed by atoms with E-state index in [0.29, 0.717) is 36.6 Å². The number of hydrogen-bond donors (Lipinski definition) is 3. The van der Waals surface area contributed by atoms with E-state index < -0.39 is 11.5 Å². The van der Waals surface area contributed by atoms with E-state index in [1.54, 1.807) is 6.92 Å². The number of hydrogen-bond acceptors (Lipinski definition) is 5. The summed E-state index contributed by atoms with van der Waals surface area (Å²) in [5.41, 5.74) is 10.8. The van der Waals surface area contributed by atoms with E-state index in [1.807, 2.05) is 4.90 Å². The summed E-state index contributed by atoms with van der Waals surface area (Å²) in [7, 11) is 0. The van der Waals surface area contributed by atoms with Crippen LogP contribution in [0.25, 0.3) is 0 Å². The molecule has 0 bridgehead atoms. The quantitative estimate of drug-likeness (QED) is 0.655. The highest BCUT2D eigenvalue weighted by Gasteiger charge is 2.33. The molecule has 2 heterocycles. The van der Waals surface area contributed by atoms with Crippen LogP contribution < -0.4 is 16.4 Å². The van der Waals surface area contributed by atoms with Gasteiger partial charge >= 0.3 is 0 Å². The van der Waals surface area contributed by atoms with Gasteiger partial charge in [-0.25, -0.2) is 4.98 Å². The summed E-state index contributed by atoms with van der Waals surface area (Å²) >= 11 is 0. The summed E-state index contributed by atoms with van der Waals surface area (Å²) in [6.07, 6.45) is 2.12. The number of pyridine rings is 1. The van der Waals surface area contributed by atoms with Crippen molar-refractivity contribution < 1.29 is 9.90 Å². The summed E-state index contributed by atoms with van der Waals surface area (Å²) in [6, 6.07) is 1.51. The van der Waals surface area contributed by atoms with Gasteiger partial charge in [0.15, 0.2) is 0 Å². The normalized spacial score (nSPS) is 24.0. The topological polar surface area (TPSA) is 105 Å². The number of rotatable bonds is 2. The molecule has 2 rings (SSSR count). The Kier molecular flexibility index (Phi) is 2.66. The Morgan fingerprint density at radius 1 is 1.65 bits per heavy atom. The maximum absolute atomic E-state index is 11.3. The summed E-state index contributed by atoms with van der Waals surface area (Å²) in [4.78, 5) is 17.3. The maximum Gasteiger partial charge on any atom is 0.252 e. The number of nitrogen functional groups attached to an aromatic ring is 1. The molecule has 1 atom stereocenters. The third kappa shape index (κ3) is 2.31. The molecule has 17 heavy (non-hydrogen) atoms. The Bertz CT molecular complexity index is 459. The molecule has 0 radical (unpaired) electrons. The van der Waals surface area contributed by atoms with Crippen LogP contribution in [0.5, 0.6) is 0 Å². The third-order valence-corrected chi connectivity index (χ3v) is 2.90. The van der Waals surface area contributed by atoms with Gasteiger partial charge in [0.2, 0.25) is 0 Å². The van der Waals surface area contributed by atoms with Crippen molar-refractivity contribution in [3.05, 3.63) is 17.8 Å². The lowest BCUT2D eigenvalue weighted by molar-refractivity contribution is 0.0837. The van der Waals surface area contributed by atoms with Crippen LogP contribution in [-0.4, -0.2) is 34.7 Å². The second kappa shape index (κ2) is 3.89. The summed E-state index contributed by atoms with van der Waals surface area (Å²) < 4.78 is 0. The maximum atomic E-state index is 11.3. The van der Waals surface area contributed by atoms with E-state index >= 15 is 0 Å². The largest absolute Gasteiger partial charge is 0.397 e. The molecule has 1 aliphatic rings. The fourth-order valence-electron chi connectivity index (χ4n) is 2.03. The van der Waals surface area contributed by atoms with Crippen LogP contribution in [0.3, 0.4) is 0 Å². The summed E-state index contributed by atoms with van der Waals surface area (Å²) in [6.45, 7) is 2.84. The number of nitrogens with two attached hydrogens (primary N) is 2. The molecule has 1 saturated heterocycles. The van der Waals surface area contributed by atoms with Gasteiger partial charge in [-0.15, -0.1) is 0 Å². The number of anilines is 2. The van der Waals surface area contributed by atoms with Crippen molar-refractivity contribution in [1.29, 1.82) is 0 Å². The molecule has 6 nitrogen and oxygen atoms in total. The van der Waals surface area contributed by atoms with Crippen LogP contribution in [-0.2, 0) is 0 Å². The van der Waals surface area contributed by atoms with Gasteiger partial charge < -0.3 is 21.5 Å². The second-order valence-electron chi connectivity index (χ2n) is 4.67. The Balaban J connectivity index is 2.36. The predicted octanol–water partition coefficient (Wildman–Crippen LogP) is -0.276. The molecule has 0 aromatic carbocycles. The standard InChI is InChI=1S/C11H16N4O2/c1-11(17)2-3-15(6-11)10-8(9(13)16)4-7(12)5-14-10/h4-5,17H,2-3,6,12H2,1H3,(H2,13,16). The SMILES string of the molecule is CC1(O)CCN(c2ncc(N)cc2C(N)=O)C1. The lowest BCUT2D eigenvalue weighted by Crippen LogP contribution is -2.31. The molecule has 1 unspecified atom stereocenters. The van der Waals surface area contributed by atoms with Gasteiger partial charge in [0.1, 0.15) is 5.82 Å². The van der Waals surface area contributed by atoms with Crippen molar-refractivity contribution in [2.75, 3.05) is 23.7 Å². The zero-order valence-electron chi connectivity index (χ0n) is 9.68. The van der Waals surface area contributed by atoms with Crippen LogP contribution in [0.2, 0.25) is 0 Å². The van der Waals surface area contributed by atoms with Crippen molar-refractivity contribution >= 4 is 17.4 Å². The van der Waals surface area contributed by atoms with Crippen LogP contribution in [0.15, 0.2) is 12.3 Å². The lowest BCUT2D eigenvalue weighted by atomic mass is 10.1. The zero-order valence-corrected chi connectivity index (χ0v) is 9.68. The highest BCUT2D eigenvalue weighted by atomic mass is 16.3. The molecule has 1 aromatic heterocycles. The molecule has 6 heteroatoms. The minimum Gasteiger partial charge on any atom is -0.397 e. The van der Waals surface area contributed by atoms with E-state index in [1.165, 1.54) is 12.3 Å². The van der Waals surface area contributed by atoms with Crippen LogP contribution in [0, 0.1) is 0 Å². The molecular formula is C11H16N4O2. The van der Waals surface area contributed by atoms with E-state index in [2.05, 4.69) is 4.98 Å². The fraction of sp³-hybridized carbons (Fsp3) is 0.455. The van der Waals surface area contributed by atoms with Gasteiger partial charge in [0, 0.05) is 13.1 Å². The zero-order chi connectivity index (χ0) is 12.6. The highest BCUT2D eigenvalue weighted by molar-refractivity contribution is 5.98. The fourth-order valence-corrected chi connectivity index (χ4v) is 2.03. The Hall–Kier alpha value is -1.82. The number of aromatic nitrogens is 1. The molecule has 0 aliphatic carbocycles. The second-order valence-corrected chi connectivity index (χ2v) is 4.67. The molecule has 1 aromatic rings. The Morgan fingerprint density at radius 2 is 2.35 bits per heavy atom. The molecular weight excluding hydrogens is 220 g/mol. The van der Waals surface area contributed by atoms with Crippen molar-refractivity contribution in [1.82, 2.24) is 4.98 Å². The molecule has 0 spiro atoms. The monoisotopic (exact) mass is 236 g/mol. The molecule has 92 valence electrons. The Morgan fingerprint density at radius 3 is 2.88 bits per heavy atom. The number of aliphatic hydroxyl groups is 1. The van der Waals surface area contributed by atoms with Gasteiger partial charge in [-0.1, -0.05) is 0 Å². The van der Waals surface area contributed by atoms with Crippen molar-refractivity contribution in [3.8, 4) is 0 Å². The first-order chi connectivity index (χ1) is 7.89. The van der Waals surface area contributed by atoms with Crippen LogP contribution >= 0.6 is 0 Å². The molecule has 1 amide bonds. The van der Waals surface area contributed by atoms with Gasteiger partial charge in [-0.3, -0.25) is 4.79 Å². The number of carbonyl (C=O) groups excluding carboxylic acids is 1. The van der Waals surface area contributed by atoms with E-state index in [4.69, 9.17) is 11.5 Å². The summed E-state index contributed by atoms with van der Waals surface area (Å²) in [5.74, 6) is -0.0733. The van der Waals surface area contributed by atoms with Crippen molar-refractivity contribution in [3.63, 3.8) is 0 Å².